The third-order valence-electron chi connectivity index (χ3n) is 5.31. The molecule has 2 aromatic heterocycles. The quantitative estimate of drug-likeness (QED) is 0.334. The Kier molecular flexibility index (Phi) is 6.08. The van der Waals surface area contributed by atoms with Gasteiger partial charge in [-0.25, -0.2) is 14.8 Å². The van der Waals surface area contributed by atoms with Crippen molar-refractivity contribution in [1.29, 1.82) is 0 Å². The van der Waals surface area contributed by atoms with Gasteiger partial charge in [-0.15, -0.1) is 11.8 Å². The molecule has 7 nitrogen and oxygen atoms in total. The first-order chi connectivity index (χ1) is 15.0. The molecular formula is C23H23N3O4S. The predicted octanol–water partition coefficient (Wildman–Crippen LogP) is 4.29. The molecule has 0 spiro atoms. The maximum Gasteiger partial charge on any atom is 0.343 e. The zero-order valence-corrected chi connectivity index (χ0v) is 18.4. The molecule has 3 aromatic rings. The number of thioether (sulfide) groups is 1. The Morgan fingerprint density at radius 1 is 1.23 bits per heavy atom. The fraction of sp³-hybridized carbons (Fsp3) is 0.304. The van der Waals surface area contributed by atoms with Gasteiger partial charge in [-0.1, -0.05) is 18.2 Å². The van der Waals surface area contributed by atoms with E-state index in [9.17, 15) is 9.59 Å². The molecule has 1 aromatic carbocycles. The molecule has 1 aliphatic heterocycles. The molecule has 1 aliphatic rings. The fourth-order valence-electron chi connectivity index (χ4n) is 3.78. The fourth-order valence-corrected chi connectivity index (χ4v) is 4.40. The lowest BCUT2D eigenvalue weighted by Gasteiger charge is -2.35. The van der Waals surface area contributed by atoms with Crippen molar-refractivity contribution in [3.05, 3.63) is 59.5 Å². The van der Waals surface area contributed by atoms with Gasteiger partial charge in [0.15, 0.2) is 18.2 Å². The van der Waals surface area contributed by atoms with Gasteiger partial charge in [-0.3, -0.25) is 4.79 Å². The van der Waals surface area contributed by atoms with Crippen LogP contribution in [0.2, 0.25) is 0 Å². The second kappa shape index (κ2) is 8.93. The van der Waals surface area contributed by atoms with Crippen LogP contribution in [0.15, 0.2) is 52.1 Å². The maximum absolute atomic E-state index is 13.0. The van der Waals surface area contributed by atoms with E-state index in [4.69, 9.17) is 9.15 Å². The number of aromatic nitrogens is 2. The highest BCUT2D eigenvalue weighted by atomic mass is 32.2. The van der Waals surface area contributed by atoms with E-state index >= 15 is 0 Å². The summed E-state index contributed by atoms with van der Waals surface area (Å²) in [5, 5.41) is 0.480. The molecule has 1 amide bonds. The van der Waals surface area contributed by atoms with E-state index in [1.165, 1.54) is 11.8 Å². The van der Waals surface area contributed by atoms with E-state index < -0.39 is 5.97 Å². The van der Waals surface area contributed by atoms with E-state index in [-0.39, 0.29) is 24.1 Å². The van der Waals surface area contributed by atoms with E-state index in [2.05, 4.69) is 9.97 Å². The Morgan fingerprint density at radius 3 is 2.77 bits per heavy atom. The van der Waals surface area contributed by atoms with Crippen molar-refractivity contribution in [2.75, 3.05) is 17.8 Å². The number of esters is 1. The smallest absolute Gasteiger partial charge is 0.343 e. The van der Waals surface area contributed by atoms with Gasteiger partial charge in [-0.2, -0.15) is 0 Å². The zero-order valence-electron chi connectivity index (χ0n) is 17.6. The van der Waals surface area contributed by atoms with Crippen LogP contribution in [-0.4, -0.2) is 40.7 Å². The zero-order chi connectivity index (χ0) is 22.0. The van der Waals surface area contributed by atoms with Gasteiger partial charge in [0.2, 0.25) is 0 Å². The van der Waals surface area contributed by atoms with Crippen molar-refractivity contribution in [3.63, 3.8) is 0 Å². The molecule has 1 atom stereocenters. The van der Waals surface area contributed by atoms with Gasteiger partial charge in [0.1, 0.15) is 10.6 Å². The first-order valence-corrected chi connectivity index (χ1v) is 11.3. The number of nitrogens with zero attached hydrogens (tertiary/aromatic N) is 3. The number of aryl methyl sites for hydroxylation is 2. The number of furan rings is 1. The highest BCUT2D eigenvalue weighted by Gasteiger charge is 2.29. The van der Waals surface area contributed by atoms with Crippen molar-refractivity contribution in [1.82, 2.24) is 9.97 Å². The monoisotopic (exact) mass is 437 g/mol. The molecule has 160 valence electrons. The van der Waals surface area contributed by atoms with Gasteiger partial charge < -0.3 is 14.1 Å². The normalized spacial score (nSPS) is 15.5. The minimum Gasteiger partial charge on any atom is -0.461 e. The molecule has 1 unspecified atom stereocenters. The number of fused-ring (bicyclic) bond motifs is 1. The van der Waals surface area contributed by atoms with Crippen LogP contribution in [0.5, 0.6) is 0 Å². The lowest BCUT2D eigenvalue weighted by Crippen LogP contribution is -2.44. The minimum atomic E-state index is -0.612. The highest BCUT2D eigenvalue weighted by Crippen LogP contribution is 2.31. The molecule has 8 heteroatoms. The predicted molar refractivity (Wildman–Crippen MR) is 118 cm³/mol. The number of carbonyl (C=O) groups is 2. The van der Waals surface area contributed by atoms with E-state index in [1.807, 2.05) is 37.4 Å². The molecule has 0 N–H and O–H groups in total. The minimum absolute atomic E-state index is 0.0421. The van der Waals surface area contributed by atoms with Gasteiger partial charge in [0, 0.05) is 11.7 Å². The van der Waals surface area contributed by atoms with Crippen LogP contribution in [0.1, 0.15) is 35.0 Å². The molecule has 0 fully saturated rings. The number of carbonyl (C=O) groups excluding carboxylic acids is 2. The van der Waals surface area contributed by atoms with Crippen LogP contribution in [0, 0.1) is 6.92 Å². The first kappa shape index (κ1) is 21.1. The summed E-state index contributed by atoms with van der Waals surface area (Å²) in [5.41, 5.74) is 2.75. The van der Waals surface area contributed by atoms with Crippen molar-refractivity contribution >= 4 is 29.3 Å². The molecule has 0 saturated carbocycles. The van der Waals surface area contributed by atoms with E-state index in [0.29, 0.717) is 22.3 Å². The van der Waals surface area contributed by atoms with Gasteiger partial charge in [-0.05, 0) is 56.7 Å². The molecule has 0 saturated heterocycles. The Morgan fingerprint density at radius 2 is 2.03 bits per heavy atom. The summed E-state index contributed by atoms with van der Waals surface area (Å²) in [7, 11) is 0. The SMILES string of the molecule is CSc1nc(-c2ccco2)nc(C)c1C(=O)OCC(=O)N1c2ccccc2CCC1C. The lowest BCUT2D eigenvalue weighted by atomic mass is 9.96. The number of benzene rings is 1. The molecule has 0 bridgehead atoms. The van der Waals surface area contributed by atoms with Gasteiger partial charge in [0.25, 0.3) is 5.91 Å². The summed E-state index contributed by atoms with van der Waals surface area (Å²) in [6.45, 7) is 3.38. The van der Waals surface area contributed by atoms with Crippen LogP contribution in [-0.2, 0) is 16.0 Å². The van der Waals surface area contributed by atoms with Gasteiger partial charge in [0.05, 0.1) is 12.0 Å². The van der Waals surface area contributed by atoms with Crippen molar-refractivity contribution in [3.8, 4) is 11.6 Å². The van der Waals surface area contributed by atoms with E-state index in [1.54, 1.807) is 30.2 Å². The average Bonchev–Trinajstić information content (AvgIpc) is 3.31. The van der Waals surface area contributed by atoms with Crippen LogP contribution in [0.4, 0.5) is 5.69 Å². The molecular weight excluding hydrogens is 414 g/mol. The third-order valence-corrected chi connectivity index (χ3v) is 6.00. The third kappa shape index (κ3) is 4.20. The number of anilines is 1. The van der Waals surface area contributed by atoms with Crippen molar-refractivity contribution in [2.24, 2.45) is 0 Å². The molecule has 0 radical (unpaired) electrons. The first-order valence-electron chi connectivity index (χ1n) is 10.0. The Balaban J connectivity index is 1.52. The largest absolute Gasteiger partial charge is 0.461 e. The number of hydrogen-bond donors (Lipinski definition) is 0. The summed E-state index contributed by atoms with van der Waals surface area (Å²) < 4.78 is 10.8. The number of rotatable bonds is 5. The molecule has 3 heterocycles. The van der Waals surface area contributed by atoms with Crippen LogP contribution < -0.4 is 4.90 Å². The van der Waals surface area contributed by atoms with Crippen LogP contribution in [0.25, 0.3) is 11.6 Å². The summed E-state index contributed by atoms with van der Waals surface area (Å²) in [4.78, 5) is 36.4. The second-order valence-corrected chi connectivity index (χ2v) is 8.15. The van der Waals surface area contributed by atoms with Crippen molar-refractivity contribution in [2.45, 2.75) is 37.8 Å². The highest BCUT2D eigenvalue weighted by molar-refractivity contribution is 7.98. The van der Waals surface area contributed by atoms with Crippen LogP contribution >= 0.6 is 11.8 Å². The lowest BCUT2D eigenvalue weighted by molar-refractivity contribution is -0.122. The number of hydrogen-bond acceptors (Lipinski definition) is 7. The summed E-state index contributed by atoms with van der Waals surface area (Å²) in [6, 6.07) is 11.4. The van der Waals surface area contributed by atoms with Gasteiger partial charge >= 0.3 is 5.97 Å². The molecule has 0 aliphatic carbocycles. The number of para-hydroxylation sites is 1. The standard InChI is InChI=1S/C23H23N3O4S/c1-14-10-11-16-7-4-5-8-17(16)26(14)19(27)13-30-23(28)20-15(2)24-21(25-22(20)31-3)18-9-6-12-29-18/h4-9,12,14H,10-11,13H2,1-3H3. The maximum atomic E-state index is 13.0. The Hall–Kier alpha value is -3.13. The topological polar surface area (TPSA) is 85.5 Å². The van der Waals surface area contributed by atoms with Crippen molar-refractivity contribution < 1.29 is 18.7 Å². The Bertz CT molecular complexity index is 1110. The average molecular weight is 438 g/mol. The summed E-state index contributed by atoms with van der Waals surface area (Å²) >= 11 is 1.31. The Labute approximate surface area is 184 Å². The summed E-state index contributed by atoms with van der Waals surface area (Å²) in [5.74, 6) is 0.0630. The van der Waals surface area contributed by atoms with Crippen LogP contribution in [0.3, 0.4) is 0 Å². The number of amides is 1. The van der Waals surface area contributed by atoms with E-state index in [0.717, 1.165) is 24.1 Å². The number of ether oxygens (including phenoxy) is 1. The molecule has 31 heavy (non-hydrogen) atoms. The second-order valence-electron chi connectivity index (χ2n) is 7.35. The molecule has 4 rings (SSSR count). The summed E-state index contributed by atoms with van der Waals surface area (Å²) in [6.07, 6.45) is 5.16.